The highest BCUT2D eigenvalue weighted by Gasteiger charge is 2.01. The van der Waals surface area contributed by atoms with Crippen molar-refractivity contribution < 1.29 is 9.84 Å². The second kappa shape index (κ2) is 6.36. The molecule has 2 rings (SSSR count). The predicted octanol–water partition coefficient (Wildman–Crippen LogP) is 3.03. The van der Waals surface area contributed by atoms with Gasteiger partial charge in [-0.1, -0.05) is 24.3 Å². The van der Waals surface area contributed by atoms with E-state index in [-0.39, 0.29) is 12.6 Å². The van der Waals surface area contributed by atoms with Crippen molar-refractivity contribution in [2.24, 2.45) is 5.73 Å². The van der Waals surface area contributed by atoms with Crippen LogP contribution in [-0.2, 0) is 6.42 Å². The summed E-state index contributed by atoms with van der Waals surface area (Å²) in [5.41, 5.74) is 7.99. The van der Waals surface area contributed by atoms with E-state index in [1.807, 2.05) is 55.5 Å². The first kappa shape index (κ1) is 13.6. The van der Waals surface area contributed by atoms with E-state index in [9.17, 15) is 0 Å². The van der Waals surface area contributed by atoms with Gasteiger partial charge in [-0.25, -0.2) is 0 Å². The van der Waals surface area contributed by atoms with Crippen LogP contribution in [0, 0.1) is 0 Å². The molecule has 0 saturated heterocycles. The molecule has 0 bridgehead atoms. The number of rotatable bonds is 5. The van der Waals surface area contributed by atoms with Crippen LogP contribution >= 0.6 is 0 Å². The minimum Gasteiger partial charge on any atom is -0.457 e. The fraction of sp³-hybridized carbons (Fsp3) is 0.250. The van der Waals surface area contributed by atoms with E-state index in [2.05, 4.69) is 0 Å². The van der Waals surface area contributed by atoms with Crippen LogP contribution in [-0.4, -0.2) is 11.7 Å². The van der Waals surface area contributed by atoms with E-state index in [1.165, 1.54) is 0 Å². The van der Waals surface area contributed by atoms with Gasteiger partial charge in [-0.05, 0) is 48.7 Å². The van der Waals surface area contributed by atoms with Crippen molar-refractivity contribution in [2.75, 3.05) is 6.61 Å². The standard InChI is InChI=1S/C16H19NO2/c1-12(17)14-4-8-16(9-5-14)19-15-6-2-13(3-7-15)10-11-18/h2-9,12,18H,10-11,17H2,1H3/t12-/m1/s1. The summed E-state index contributed by atoms with van der Waals surface area (Å²) in [6, 6.07) is 15.5. The molecule has 0 aromatic heterocycles. The Balaban J connectivity index is 2.04. The van der Waals surface area contributed by atoms with Crippen LogP contribution in [0.2, 0.25) is 0 Å². The van der Waals surface area contributed by atoms with Crippen molar-refractivity contribution in [1.29, 1.82) is 0 Å². The number of hydrogen-bond acceptors (Lipinski definition) is 3. The third-order valence-electron chi connectivity index (χ3n) is 2.97. The Morgan fingerprint density at radius 1 is 1.00 bits per heavy atom. The summed E-state index contributed by atoms with van der Waals surface area (Å²) < 4.78 is 5.74. The number of hydrogen-bond donors (Lipinski definition) is 2. The van der Waals surface area contributed by atoms with Crippen molar-refractivity contribution in [2.45, 2.75) is 19.4 Å². The molecule has 3 nitrogen and oxygen atoms in total. The lowest BCUT2D eigenvalue weighted by atomic mass is 10.1. The number of ether oxygens (including phenoxy) is 1. The number of benzene rings is 2. The van der Waals surface area contributed by atoms with Crippen molar-refractivity contribution >= 4 is 0 Å². The smallest absolute Gasteiger partial charge is 0.127 e. The van der Waals surface area contributed by atoms with Crippen LogP contribution in [0.3, 0.4) is 0 Å². The highest BCUT2D eigenvalue weighted by molar-refractivity contribution is 5.35. The molecule has 0 unspecified atom stereocenters. The Bertz CT molecular complexity index is 503. The molecule has 0 aliphatic heterocycles. The first-order chi connectivity index (χ1) is 9.19. The molecule has 0 radical (unpaired) electrons. The van der Waals surface area contributed by atoms with Crippen LogP contribution in [0.25, 0.3) is 0 Å². The third kappa shape index (κ3) is 3.81. The van der Waals surface area contributed by atoms with Crippen molar-refractivity contribution in [3.05, 3.63) is 59.7 Å². The first-order valence-electron chi connectivity index (χ1n) is 6.42. The monoisotopic (exact) mass is 257 g/mol. The van der Waals surface area contributed by atoms with Crippen LogP contribution < -0.4 is 10.5 Å². The molecule has 0 fully saturated rings. The Morgan fingerprint density at radius 2 is 1.53 bits per heavy atom. The largest absolute Gasteiger partial charge is 0.457 e. The molecule has 0 spiro atoms. The summed E-state index contributed by atoms with van der Waals surface area (Å²) in [6.07, 6.45) is 0.670. The van der Waals surface area contributed by atoms with E-state index in [0.717, 1.165) is 22.6 Å². The predicted molar refractivity (Wildman–Crippen MR) is 76.4 cm³/mol. The molecule has 3 N–H and O–H groups in total. The molecule has 1 atom stereocenters. The lowest BCUT2D eigenvalue weighted by Gasteiger charge is -2.09. The first-order valence-corrected chi connectivity index (χ1v) is 6.42. The van der Waals surface area contributed by atoms with Gasteiger partial charge in [0.05, 0.1) is 0 Å². The molecule has 0 saturated carbocycles. The van der Waals surface area contributed by atoms with Gasteiger partial charge in [-0.2, -0.15) is 0 Å². The van der Waals surface area contributed by atoms with Crippen LogP contribution in [0.4, 0.5) is 0 Å². The number of aliphatic hydroxyl groups is 1. The maximum atomic E-state index is 8.85. The normalized spacial score (nSPS) is 12.2. The Kier molecular flexibility index (Phi) is 4.55. The van der Waals surface area contributed by atoms with Gasteiger partial charge in [0.15, 0.2) is 0 Å². The van der Waals surface area contributed by atoms with Gasteiger partial charge in [0.25, 0.3) is 0 Å². The topological polar surface area (TPSA) is 55.5 Å². The zero-order valence-electron chi connectivity index (χ0n) is 11.0. The molecule has 19 heavy (non-hydrogen) atoms. The molecule has 2 aromatic rings. The third-order valence-corrected chi connectivity index (χ3v) is 2.97. The van der Waals surface area contributed by atoms with E-state index in [1.54, 1.807) is 0 Å². The summed E-state index contributed by atoms with van der Waals surface area (Å²) in [5, 5.41) is 8.85. The van der Waals surface area contributed by atoms with Crippen molar-refractivity contribution in [1.82, 2.24) is 0 Å². The molecule has 0 heterocycles. The van der Waals surface area contributed by atoms with Crippen LogP contribution in [0.15, 0.2) is 48.5 Å². The Labute approximate surface area is 113 Å². The average Bonchev–Trinajstić information content (AvgIpc) is 2.42. The fourth-order valence-corrected chi connectivity index (χ4v) is 1.83. The second-order valence-corrected chi connectivity index (χ2v) is 4.58. The highest BCUT2D eigenvalue weighted by Crippen LogP contribution is 2.23. The molecular formula is C16H19NO2. The second-order valence-electron chi connectivity index (χ2n) is 4.58. The lowest BCUT2D eigenvalue weighted by molar-refractivity contribution is 0.299. The lowest BCUT2D eigenvalue weighted by Crippen LogP contribution is -2.04. The number of aliphatic hydroxyl groups excluding tert-OH is 1. The minimum absolute atomic E-state index is 0.0341. The molecule has 0 aliphatic carbocycles. The molecular weight excluding hydrogens is 238 g/mol. The Morgan fingerprint density at radius 3 is 2.00 bits per heavy atom. The molecule has 0 aliphatic rings. The average molecular weight is 257 g/mol. The van der Waals surface area contributed by atoms with E-state index in [0.29, 0.717) is 6.42 Å². The minimum atomic E-state index is 0.0341. The SMILES string of the molecule is C[C@@H](N)c1ccc(Oc2ccc(CCO)cc2)cc1. The number of nitrogens with two attached hydrogens (primary N) is 1. The summed E-state index contributed by atoms with van der Waals surface area (Å²) in [4.78, 5) is 0. The van der Waals surface area contributed by atoms with Gasteiger partial charge in [-0.15, -0.1) is 0 Å². The summed E-state index contributed by atoms with van der Waals surface area (Å²) >= 11 is 0. The maximum Gasteiger partial charge on any atom is 0.127 e. The van der Waals surface area contributed by atoms with Crippen LogP contribution in [0.1, 0.15) is 24.1 Å². The van der Waals surface area contributed by atoms with Crippen molar-refractivity contribution in [3.8, 4) is 11.5 Å². The van der Waals surface area contributed by atoms with Gasteiger partial charge in [0, 0.05) is 12.6 Å². The summed E-state index contributed by atoms with van der Waals surface area (Å²) in [5.74, 6) is 1.58. The van der Waals surface area contributed by atoms with Gasteiger partial charge in [0.2, 0.25) is 0 Å². The quantitative estimate of drug-likeness (QED) is 0.865. The van der Waals surface area contributed by atoms with Crippen LogP contribution in [0.5, 0.6) is 11.5 Å². The maximum absolute atomic E-state index is 8.85. The zero-order valence-corrected chi connectivity index (χ0v) is 11.0. The van der Waals surface area contributed by atoms with Gasteiger partial charge < -0.3 is 15.6 Å². The Hall–Kier alpha value is -1.84. The molecule has 0 amide bonds. The molecule has 2 aromatic carbocycles. The van der Waals surface area contributed by atoms with Crippen molar-refractivity contribution in [3.63, 3.8) is 0 Å². The summed E-state index contributed by atoms with van der Waals surface area (Å²) in [7, 11) is 0. The summed E-state index contributed by atoms with van der Waals surface area (Å²) in [6.45, 7) is 2.12. The zero-order chi connectivity index (χ0) is 13.7. The van der Waals surface area contributed by atoms with E-state index >= 15 is 0 Å². The van der Waals surface area contributed by atoms with E-state index < -0.39 is 0 Å². The molecule has 100 valence electrons. The fourth-order valence-electron chi connectivity index (χ4n) is 1.83. The van der Waals surface area contributed by atoms with Gasteiger partial charge >= 0.3 is 0 Å². The van der Waals surface area contributed by atoms with Gasteiger partial charge in [0.1, 0.15) is 11.5 Å². The molecule has 3 heteroatoms. The van der Waals surface area contributed by atoms with Gasteiger partial charge in [-0.3, -0.25) is 0 Å². The van der Waals surface area contributed by atoms with E-state index in [4.69, 9.17) is 15.6 Å². The highest BCUT2D eigenvalue weighted by atomic mass is 16.5.